The van der Waals surface area contributed by atoms with E-state index in [4.69, 9.17) is 20.0 Å². The van der Waals surface area contributed by atoms with Crippen LogP contribution >= 0.6 is 0 Å². The predicted molar refractivity (Wildman–Crippen MR) is 135 cm³/mol. The second-order valence-corrected chi connectivity index (χ2v) is 9.88. The normalized spacial score (nSPS) is 16.0. The van der Waals surface area contributed by atoms with Gasteiger partial charge in [0.1, 0.15) is 5.69 Å². The summed E-state index contributed by atoms with van der Waals surface area (Å²) in [6.45, 7) is 8.81. The molecule has 180 valence electrons. The lowest BCUT2D eigenvalue weighted by Crippen LogP contribution is -2.28. The van der Waals surface area contributed by atoms with Crippen LogP contribution in [-0.2, 0) is 16.7 Å². The van der Waals surface area contributed by atoms with E-state index < -0.39 is 0 Å². The minimum Gasteiger partial charge on any atom is -0.382 e. The van der Waals surface area contributed by atoms with Crippen molar-refractivity contribution in [1.82, 2.24) is 25.4 Å². The molecule has 1 atom stereocenters. The number of nitrogens with one attached hydrogen (secondary N) is 1. The molecule has 0 spiro atoms. The molecule has 0 unspecified atom stereocenters. The molecule has 3 aromatic heterocycles. The van der Waals surface area contributed by atoms with Crippen LogP contribution in [0.4, 0.5) is 5.82 Å². The Bertz CT molecular complexity index is 1300. The number of pyridine rings is 1. The first-order chi connectivity index (χ1) is 16.9. The molecule has 4 heterocycles. The van der Waals surface area contributed by atoms with Crippen molar-refractivity contribution in [2.24, 2.45) is 0 Å². The van der Waals surface area contributed by atoms with Crippen LogP contribution < -0.4 is 11.1 Å². The fourth-order valence-corrected chi connectivity index (χ4v) is 3.99. The Morgan fingerprint density at radius 3 is 2.60 bits per heavy atom. The number of hydrogen-bond donors (Lipinski definition) is 2. The molecule has 4 aromatic rings. The summed E-state index contributed by atoms with van der Waals surface area (Å²) in [7, 11) is 0. The van der Waals surface area contributed by atoms with Crippen LogP contribution in [0, 0.1) is 0 Å². The van der Waals surface area contributed by atoms with Gasteiger partial charge in [-0.1, -0.05) is 50.2 Å². The Morgan fingerprint density at radius 1 is 1.03 bits per heavy atom. The van der Waals surface area contributed by atoms with E-state index in [0.29, 0.717) is 34.7 Å². The molecule has 1 fully saturated rings. The topological polar surface area (TPSA) is 112 Å². The van der Waals surface area contributed by atoms with Crippen molar-refractivity contribution in [2.75, 3.05) is 18.9 Å². The molecule has 1 saturated heterocycles. The molecular formula is C27H30N6O2. The first-order valence-corrected chi connectivity index (χ1v) is 11.8. The van der Waals surface area contributed by atoms with Gasteiger partial charge in [-0.3, -0.25) is 4.98 Å². The van der Waals surface area contributed by atoms with Crippen LogP contribution in [0.1, 0.15) is 38.4 Å². The Labute approximate surface area is 205 Å². The molecule has 0 saturated carbocycles. The molecule has 35 heavy (non-hydrogen) atoms. The molecule has 0 radical (unpaired) electrons. The van der Waals surface area contributed by atoms with Crippen LogP contribution in [0.3, 0.4) is 0 Å². The summed E-state index contributed by atoms with van der Waals surface area (Å²) in [6, 6.07) is 14.5. The molecule has 3 N–H and O–H groups in total. The smallest absolute Gasteiger partial charge is 0.189 e. The highest BCUT2D eigenvalue weighted by molar-refractivity contribution is 5.73. The molecule has 5 rings (SSSR count). The number of ether oxygens (including phenoxy) is 1. The maximum absolute atomic E-state index is 6.16. The summed E-state index contributed by atoms with van der Waals surface area (Å²) in [4.78, 5) is 13.6. The minimum atomic E-state index is -0.0730. The zero-order valence-electron chi connectivity index (χ0n) is 20.3. The van der Waals surface area contributed by atoms with Gasteiger partial charge in [-0.2, -0.15) is 0 Å². The number of nitrogens with two attached hydrogens (primary N) is 1. The van der Waals surface area contributed by atoms with Crippen molar-refractivity contribution >= 4 is 5.82 Å². The molecule has 8 heteroatoms. The van der Waals surface area contributed by atoms with Gasteiger partial charge >= 0.3 is 0 Å². The Kier molecular flexibility index (Phi) is 6.32. The van der Waals surface area contributed by atoms with Crippen molar-refractivity contribution in [3.63, 3.8) is 0 Å². The van der Waals surface area contributed by atoms with E-state index in [0.717, 1.165) is 43.0 Å². The molecule has 0 aliphatic carbocycles. The van der Waals surface area contributed by atoms with Crippen LogP contribution in [0.2, 0.25) is 0 Å². The lowest BCUT2D eigenvalue weighted by molar-refractivity contribution is 0.190. The van der Waals surface area contributed by atoms with Gasteiger partial charge in [0.25, 0.3) is 0 Å². The van der Waals surface area contributed by atoms with Gasteiger partial charge in [-0.15, -0.1) is 0 Å². The van der Waals surface area contributed by atoms with Crippen molar-refractivity contribution in [1.29, 1.82) is 0 Å². The number of hydrogen-bond acceptors (Lipinski definition) is 8. The average Bonchev–Trinajstić information content (AvgIpc) is 3.56. The van der Waals surface area contributed by atoms with Gasteiger partial charge in [0.2, 0.25) is 0 Å². The highest BCUT2D eigenvalue weighted by atomic mass is 16.5. The number of nitrogen functional groups attached to an aromatic ring is 1. The van der Waals surface area contributed by atoms with Gasteiger partial charge in [0.05, 0.1) is 18.5 Å². The number of benzene rings is 1. The third-order valence-corrected chi connectivity index (χ3v) is 6.14. The minimum absolute atomic E-state index is 0.0730. The van der Waals surface area contributed by atoms with Crippen molar-refractivity contribution in [3.8, 4) is 34.0 Å². The molecule has 0 bridgehead atoms. The third-order valence-electron chi connectivity index (χ3n) is 6.14. The second kappa shape index (κ2) is 9.56. The van der Waals surface area contributed by atoms with Crippen LogP contribution in [0.5, 0.6) is 0 Å². The van der Waals surface area contributed by atoms with Crippen molar-refractivity contribution < 1.29 is 9.26 Å². The Morgan fingerprint density at radius 2 is 1.86 bits per heavy atom. The van der Waals surface area contributed by atoms with Crippen LogP contribution in [0.15, 0.2) is 59.4 Å². The molecule has 0 amide bonds. The standard InChI is InChI=1S/C27H30N6O2/c1-27(2,3)24-12-19(8-10-29-24)22-15-31-26(28)25(32-22)23-13-21(33-35-23)18-6-4-17(5-7-18)14-30-20-9-11-34-16-20/h4-8,10,12-13,15,20,30H,9,11,14,16H2,1-3H3,(H2,28,31)/t20-/m0/s1. The van der Waals surface area contributed by atoms with Gasteiger partial charge in [-0.25, -0.2) is 9.97 Å². The summed E-state index contributed by atoms with van der Waals surface area (Å²) in [6.07, 6.45) is 4.52. The van der Waals surface area contributed by atoms with E-state index in [-0.39, 0.29) is 5.41 Å². The summed E-state index contributed by atoms with van der Waals surface area (Å²) in [5.74, 6) is 0.766. The van der Waals surface area contributed by atoms with Gasteiger partial charge in [-0.05, 0) is 24.1 Å². The highest BCUT2D eigenvalue weighted by Gasteiger charge is 2.19. The van der Waals surface area contributed by atoms with Crippen LogP contribution in [-0.4, -0.2) is 39.4 Å². The van der Waals surface area contributed by atoms with Gasteiger partial charge in [0, 0.05) is 53.7 Å². The average molecular weight is 471 g/mol. The van der Waals surface area contributed by atoms with E-state index in [1.54, 1.807) is 12.4 Å². The third kappa shape index (κ3) is 5.23. The van der Waals surface area contributed by atoms with Gasteiger partial charge in [0.15, 0.2) is 17.3 Å². The second-order valence-electron chi connectivity index (χ2n) is 9.88. The van der Waals surface area contributed by atoms with E-state index in [2.05, 4.69) is 53.3 Å². The quantitative estimate of drug-likeness (QED) is 0.420. The molecule has 8 nitrogen and oxygen atoms in total. The summed E-state index contributed by atoms with van der Waals surface area (Å²) >= 11 is 0. The maximum atomic E-state index is 6.16. The highest BCUT2D eigenvalue weighted by Crippen LogP contribution is 2.31. The van der Waals surface area contributed by atoms with Crippen LogP contribution in [0.25, 0.3) is 34.0 Å². The molecule has 1 aliphatic rings. The summed E-state index contributed by atoms with van der Waals surface area (Å²) in [5, 5.41) is 7.78. The largest absolute Gasteiger partial charge is 0.382 e. The molecule has 1 aliphatic heterocycles. The van der Waals surface area contributed by atoms with Gasteiger partial charge < -0.3 is 20.3 Å². The predicted octanol–water partition coefficient (Wildman–Crippen LogP) is 4.62. The van der Waals surface area contributed by atoms with Crippen molar-refractivity contribution in [2.45, 2.75) is 45.2 Å². The van der Waals surface area contributed by atoms with Crippen molar-refractivity contribution in [3.05, 3.63) is 66.1 Å². The monoisotopic (exact) mass is 470 g/mol. The summed E-state index contributed by atoms with van der Waals surface area (Å²) < 4.78 is 11.0. The van der Waals surface area contributed by atoms with E-state index in [9.17, 15) is 0 Å². The number of rotatable bonds is 6. The van der Waals surface area contributed by atoms with E-state index in [1.165, 1.54) is 5.56 Å². The Hall–Kier alpha value is -3.62. The maximum Gasteiger partial charge on any atom is 0.189 e. The first kappa shape index (κ1) is 23.1. The zero-order valence-corrected chi connectivity index (χ0v) is 20.3. The number of nitrogens with zero attached hydrogens (tertiary/aromatic N) is 4. The SMILES string of the molecule is CC(C)(C)c1cc(-c2cnc(N)c(-c3cc(-c4ccc(CN[C@H]5CCOC5)cc4)no3)n2)ccn1. The summed E-state index contributed by atoms with van der Waals surface area (Å²) in [5.41, 5.74) is 12.0. The fraction of sp³-hybridized carbons (Fsp3) is 0.333. The number of anilines is 1. The molecular weight excluding hydrogens is 440 g/mol. The lowest BCUT2D eigenvalue weighted by Gasteiger charge is -2.18. The Balaban J connectivity index is 1.36. The van der Waals surface area contributed by atoms with E-state index >= 15 is 0 Å². The lowest BCUT2D eigenvalue weighted by atomic mass is 9.90. The number of aromatic nitrogens is 4. The molecule has 1 aromatic carbocycles. The zero-order chi connectivity index (χ0) is 24.4. The fourth-order valence-electron chi connectivity index (χ4n) is 3.99. The van der Waals surface area contributed by atoms with E-state index in [1.807, 2.05) is 30.3 Å². The first-order valence-electron chi connectivity index (χ1n) is 11.8.